The van der Waals surface area contributed by atoms with Gasteiger partial charge in [-0.25, -0.2) is 0 Å². The van der Waals surface area contributed by atoms with Crippen LogP contribution in [0.15, 0.2) is 52.8 Å². The van der Waals surface area contributed by atoms with Gasteiger partial charge in [-0.1, -0.05) is 24.3 Å². The average molecular weight is 298 g/mol. The maximum Gasteiger partial charge on any atom is 0.276 e. The average Bonchev–Trinajstić information content (AvgIpc) is 3.06. The first-order chi connectivity index (χ1) is 10.1. The normalized spacial score (nSPS) is 16.6. The summed E-state index contributed by atoms with van der Waals surface area (Å²) < 4.78 is 5.26. The van der Waals surface area contributed by atoms with Crippen LogP contribution in [-0.2, 0) is 11.3 Å². The van der Waals surface area contributed by atoms with Crippen molar-refractivity contribution in [1.82, 2.24) is 10.2 Å². The summed E-state index contributed by atoms with van der Waals surface area (Å²) in [4.78, 5) is 13.9. The summed E-state index contributed by atoms with van der Waals surface area (Å²) in [5, 5.41) is 3.37. The zero-order chi connectivity index (χ0) is 14.8. The third-order valence-electron chi connectivity index (χ3n) is 3.34. The quantitative estimate of drug-likeness (QED) is 0.699. The van der Waals surface area contributed by atoms with Crippen LogP contribution in [-0.4, -0.2) is 15.9 Å². The van der Waals surface area contributed by atoms with Gasteiger partial charge in [-0.05, 0) is 48.5 Å². The number of hydrogen-bond acceptors (Lipinski definition) is 3. The van der Waals surface area contributed by atoms with Crippen molar-refractivity contribution in [3.8, 4) is 0 Å². The van der Waals surface area contributed by atoms with Gasteiger partial charge in [-0.2, -0.15) is 0 Å². The molecule has 4 nitrogen and oxygen atoms in total. The van der Waals surface area contributed by atoms with Gasteiger partial charge in [0.25, 0.3) is 5.91 Å². The number of nitrogens with zero attached hydrogens (tertiary/aromatic N) is 1. The summed E-state index contributed by atoms with van der Waals surface area (Å²) in [5.74, 6) is 0.560. The minimum atomic E-state index is -0.139. The monoisotopic (exact) mass is 298 g/mol. The predicted molar refractivity (Wildman–Crippen MR) is 84.1 cm³/mol. The Balaban J connectivity index is 1.85. The Labute approximate surface area is 128 Å². The zero-order valence-electron chi connectivity index (χ0n) is 11.5. The van der Waals surface area contributed by atoms with Gasteiger partial charge >= 0.3 is 0 Å². The molecule has 5 heteroatoms. The lowest BCUT2D eigenvalue weighted by atomic mass is 10.1. The first-order valence-electron chi connectivity index (χ1n) is 6.58. The molecule has 0 atom stereocenters. The molecular weight excluding hydrogens is 284 g/mol. The molecule has 1 amide bonds. The highest BCUT2D eigenvalue weighted by molar-refractivity contribution is 7.80. The fraction of sp³-hybridized carbons (Fsp3) is 0.125. The van der Waals surface area contributed by atoms with Gasteiger partial charge in [-0.15, -0.1) is 0 Å². The van der Waals surface area contributed by atoms with Crippen molar-refractivity contribution in [2.45, 2.75) is 13.5 Å². The molecule has 1 saturated heterocycles. The number of amides is 1. The highest BCUT2D eigenvalue weighted by atomic mass is 32.1. The summed E-state index contributed by atoms with van der Waals surface area (Å²) in [7, 11) is 0. The molecule has 1 aromatic heterocycles. The van der Waals surface area contributed by atoms with E-state index in [0.717, 1.165) is 11.1 Å². The maximum absolute atomic E-state index is 12.4. The van der Waals surface area contributed by atoms with Crippen LogP contribution in [0.5, 0.6) is 0 Å². The standard InChI is InChI=1S/C16H14N2O2S/c1-11-5-2-3-6-12(11)9-14-15(19)18(16(21)17-14)10-13-7-4-8-20-13/h2-9H,10H2,1H3,(H,17,21)/b14-9-. The molecule has 0 aliphatic carbocycles. The number of hydrogen-bond donors (Lipinski definition) is 1. The molecule has 2 aromatic rings. The lowest BCUT2D eigenvalue weighted by molar-refractivity contribution is -0.122. The van der Waals surface area contributed by atoms with Crippen molar-refractivity contribution in [3.63, 3.8) is 0 Å². The SMILES string of the molecule is Cc1ccccc1/C=C1\NC(=S)N(Cc2ccco2)C1=O. The van der Waals surface area contributed by atoms with E-state index < -0.39 is 0 Å². The lowest BCUT2D eigenvalue weighted by Gasteiger charge is -2.11. The lowest BCUT2D eigenvalue weighted by Crippen LogP contribution is -2.29. The molecule has 0 spiro atoms. The van der Waals surface area contributed by atoms with E-state index in [-0.39, 0.29) is 5.91 Å². The van der Waals surface area contributed by atoms with Gasteiger partial charge < -0.3 is 9.73 Å². The van der Waals surface area contributed by atoms with Crippen LogP contribution in [0.3, 0.4) is 0 Å². The summed E-state index contributed by atoms with van der Waals surface area (Å²) in [6.07, 6.45) is 3.41. The summed E-state index contributed by atoms with van der Waals surface area (Å²) in [6.45, 7) is 2.34. The van der Waals surface area contributed by atoms with Crippen LogP contribution in [0.2, 0.25) is 0 Å². The third-order valence-corrected chi connectivity index (χ3v) is 3.67. The Kier molecular flexibility index (Phi) is 3.58. The van der Waals surface area contributed by atoms with Gasteiger partial charge in [0.2, 0.25) is 0 Å². The molecule has 3 rings (SSSR count). The first kappa shape index (κ1) is 13.6. The molecule has 0 radical (unpaired) electrons. The molecular formula is C16H14N2O2S. The van der Waals surface area contributed by atoms with E-state index in [0.29, 0.717) is 23.1 Å². The Morgan fingerprint density at radius 3 is 2.81 bits per heavy atom. The molecule has 0 bridgehead atoms. The van der Waals surface area contributed by atoms with Crippen LogP contribution >= 0.6 is 12.2 Å². The number of aryl methyl sites for hydroxylation is 1. The summed E-state index contributed by atoms with van der Waals surface area (Å²) >= 11 is 5.23. The zero-order valence-corrected chi connectivity index (χ0v) is 12.3. The summed E-state index contributed by atoms with van der Waals surface area (Å²) in [5.41, 5.74) is 2.59. The molecule has 21 heavy (non-hydrogen) atoms. The smallest absolute Gasteiger partial charge is 0.276 e. The molecule has 1 fully saturated rings. The predicted octanol–water partition coefficient (Wildman–Crippen LogP) is 2.85. The fourth-order valence-electron chi connectivity index (χ4n) is 2.18. The molecule has 106 valence electrons. The number of benzene rings is 1. The highest BCUT2D eigenvalue weighted by Crippen LogP contribution is 2.18. The largest absolute Gasteiger partial charge is 0.467 e. The van der Waals surface area contributed by atoms with E-state index in [1.165, 1.54) is 4.90 Å². The van der Waals surface area contributed by atoms with Crippen LogP contribution in [0.25, 0.3) is 6.08 Å². The minimum Gasteiger partial charge on any atom is -0.467 e. The second-order valence-electron chi connectivity index (χ2n) is 4.82. The number of furan rings is 1. The van der Waals surface area contributed by atoms with Crippen molar-refractivity contribution in [2.24, 2.45) is 0 Å². The van der Waals surface area contributed by atoms with Crippen molar-refractivity contribution in [2.75, 3.05) is 0 Å². The molecule has 1 aliphatic rings. The number of thiocarbonyl (C=S) groups is 1. The van der Waals surface area contributed by atoms with Gasteiger partial charge in [0, 0.05) is 0 Å². The number of carbonyl (C=O) groups is 1. The number of nitrogens with one attached hydrogen (secondary N) is 1. The van der Waals surface area contributed by atoms with Gasteiger partial charge in [0.1, 0.15) is 11.5 Å². The molecule has 0 unspecified atom stereocenters. The van der Waals surface area contributed by atoms with E-state index >= 15 is 0 Å². The van der Waals surface area contributed by atoms with Crippen molar-refractivity contribution in [1.29, 1.82) is 0 Å². The van der Waals surface area contributed by atoms with E-state index in [9.17, 15) is 4.79 Å². The highest BCUT2D eigenvalue weighted by Gasteiger charge is 2.31. The van der Waals surface area contributed by atoms with Crippen LogP contribution in [0, 0.1) is 6.92 Å². The van der Waals surface area contributed by atoms with E-state index in [2.05, 4.69) is 5.32 Å². The number of carbonyl (C=O) groups excluding carboxylic acids is 1. The van der Waals surface area contributed by atoms with Crippen LogP contribution in [0.1, 0.15) is 16.9 Å². The topological polar surface area (TPSA) is 45.5 Å². The van der Waals surface area contributed by atoms with E-state index in [1.807, 2.05) is 43.3 Å². The minimum absolute atomic E-state index is 0.139. The van der Waals surface area contributed by atoms with Crippen molar-refractivity contribution < 1.29 is 9.21 Å². The van der Waals surface area contributed by atoms with E-state index in [1.54, 1.807) is 12.3 Å². The first-order valence-corrected chi connectivity index (χ1v) is 6.98. The maximum atomic E-state index is 12.4. The van der Waals surface area contributed by atoms with Crippen LogP contribution < -0.4 is 5.32 Å². The van der Waals surface area contributed by atoms with Gasteiger partial charge in [0.05, 0.1) is 12.8 Å². The summed E-state index contributed by atoms with van der Waals surface area (Å²) in [6, 6.07) is 11.5. The molecule has 1 aliphatic heterocycles. The second-order valence-corrected chi connectivity index (χ2v) is 5.20. The molecule has 2 heterocycles. The van der Waals surface area contributed by atoms with E-state index in [4.69, 9.17) is 16.6 Å². The van der Waals surface area contributed by atoms with Crippen LogP contribution in [0.4, 0.5) is 0 Å². The third kappa shape index (κ3) is 2.73. The Morgan fingerprint density at radius 2 is 2.10 bits per heavy atom. The molecule has 0 saturated carbocycles. The molecule has 1 aromatic carbocycles. The number of rotatable bonds is 3. The molecule has 1 N–H and O–H groups in total. The Morgan fingerprint density at radius 1 is 1.29 bits per heavy atom. The van der Waals surface area contributed by atoms with Crippen molar-refractivity contribution >= 4 is 29.3 Å². The van der Waals surface area contributed by atoms with Gasteiger partial charge in [-0.3, -0.25) is 9.69 Å². The van der Waals surface area contributed by atoms with Gasteiger partial charge in [0.15, 0.2) is 5.11 Å². The fourth-order valence-corrected chi connectivity index (χ4v) is 2.44. The second kappa shape index (κ2) is 5.54. The van der Waals surface area contributed by atoms with Crippen molar-refractivity contribution in [3.05, 3.63) is 65.2 Å². The Bertz CT molecular complexity index is 720. The Hall–Kier alpha value is -2.40.